The molecule has 0 aliphatic heterocycles. The molecule has 0 fully saturated rings. The van der Waals surface area contributed by atoms with Gasteiger partial charge in [0.15, 0.2) is 5.65 Å². The summed E-state index contributed by atoms with van der Waals surface area (Å²) in [5, 5.41) is 13.6. The zero-order chi connectivity index (χ0) is 15.0. The first kappa shape index (κ1) is 13.3. The minimum Gasteiger partial charge on any atom is -0.235 e. The summed E-state index contributed by atoms with van der Waals surface area (Å²) in [4.78, 5) is 4.36. The highest BCUT2D eigenvalue weighted by Gasteiger charge is 2.17. The van der Waals surface area contributed by atoms with E-state index in [-0.39, 0.29) is 5.82 Å². The van der Waals surface area contributed by atoms with Crippen molar-refractivity contribution in [2.75, 3.05) is 0 Å². The van der Waals surface area contributed by atoms with Crippen LogP contribution in [0.25, 0.3) is 16.8 Å². The maximum Gasteiger partial charge on any atom is 0.163 e. The highest BCUT2D eigenvalue weighted by molar-refractivity contribution is 5.80. The quantitative estimate of drug-likeness (QED) is 0.724. The topological polar surface area (TPSA) is 54.0 Å². The lowest BCUT2D eigenvalue weighted by Crippen LogP contribution is -1.99. The van der Waals surface area contributed by atoms with Gasteiger partial charge in [0, 0.05) is 11.8 Å². The van der Waals surface area contributed by atoms with Gasteiger partial charge in [-0.2, -0.15) is 10.4 Å². The van der Waals surface area contributed by atoms with Crippen LogP contribution in [-0.2, 0) is 6.42 Å². The molecule has 3 rings (SSSR count). The van der Waals surface area contributed by atoms with Crippen LogP contribution in [0.4, 0.5) is 4.39 Å². The van der Waals surface area contributed by atoms with Gasteiger partial charge in [-0.3, -0.25) is 0 Å². The van der Waals surface area contributed by atoms with Crippen molar-refractivity contribution in [1.82, 2.24) is 14.6 Å². The van der Waals surface area contributed by atoms with Gasteiger partial charge < -0.3 is 0 Å². The molecule has 2 heterocycles. The van der Waals surface area contributed by atoms with Crippen LogP contribution in [0.15, 0.2) is 30.5 Å². The molecule has 0 saturated heterocycles. The number of fused-ring (bicyclic) bond motifs is 1. The number of benzene rings is 1. The normalized spacial score (nSPS) is 10.8. The number of hydrogen-bond acceptors (Lipinski definition) is 3. The van der Waals surface area contributed by atoms with E-state index in [0.29, 0.717) is 11.2 Å². The SMILES string of the molecule is CCc1nn2c(C)c(C#N)cnc2c1-c1ccc(F)cc1. The summed E-state index contributed by atoms with van der Waals surface area (Å²) in [6.45, 7) is 3.85. The number of aromatic nitrogens is 3. The fourth-order valence-electron chi connectivity index (χ4n) is 2.41. The number of nitriles is 1. The number of halogens is 1. The summed E-state index contributed by atoms with van der Waals surface area (Å²) < 4.78 is 14.8. The van der Waals surface area contributed by atoms with Gasteiger partial charge >= 0.3 is 0 Å². The van der Waals surface area contributed by atoms with E-state index in [4.69, 9.17) is 5.26 Å². The number of rotatable bonds is 2. The Morgan fingerprint density at radius 3 is 2.62 bits per heavy atom. The summed E-state index contributed by atoms with van der Waals surface area (Å²) in [6.07, 6.45) is 2.29. The fourth-order valence-corrected chi connectivity index (χ4v) is 2.41. The van der Waals surface area contributed by atoms with Crippen LogP contribution in [0.1, 0.15) is 23.9 Å². The first-order valence-corrected chi connectivity index (χ1v) is 6.69. The summed E-state index contributed by atoms with van der Waals surface area (Å²) in [5.41, 5.74) is 4.59. The van der Waals surface area contributed by atoms with Gasteiger partial charge in [0.25, 0.3) is 0 Å². The molecule has 0 N–H and O–H groups in total. The zero-order valence-electron chi connectivity index (χ0n) is 11.8. The van der Waals surface area contributed by atoms with Crippen molar-refractivity contribution in [3.63, 3.8) is 0 Å². The molecule has 4 nitrogen and oxygen atoms in total. The average Bonchev–Trinajstić information content (AvgIpc) is 2.88. The Kier molecular flexibility index (Phi) is 3.15. The highest BCUT2D eigenvalue weighted by Crippen LogP contribution is 2.29. The lowest BCUT2D eigenvalue weighted by molar-refractivity contribution is 0.628. The Bertz CT molecular complexity index is 857. The number of hydrogen-bond donors (Lipinski definition) is 0. The van der Waals surface area contributed by atoms with Gasteiger partial charge in [-0.1, -0.05) is 19.1 Å². The first-order chi connectivity index (χ1) is 10.2. The van der Waals surface area contributed by atoms with Crippen molar-refractivity contribution >= 4 is 5.65 Å². The van der Waals surface area contributed by atoms with Gasteiger partial charge in [0.2, 0.25) is 0 Å². The fraction of sp³-hybridized carbons (Fsp3) is 0.188. The number of aryl methyl sites for hydroxylation is 2. The average molecular weight is 280 g/mol. The third kappa shape index (κ3) is 2.05. The van der Waals surface area contributed by atoms with Crippen LogP contribution in [0, 0.1) is 24.1 Å². The van der Waals surface area contributed by atoms with Crippen molar-refractivity contribution < 1.29 is 4.39 Å². The molecule has 21 heavy (non-hydrogen) atoms. The third-order valence-corrected chi connectivity index (χ3v) is 3.55. The molecular weight excluding hydrogens is 267 g/mol. The van der Waals surface area contributed by atoms with Gasteiger partial charge in [0.1, 0.15) is 11.9 Å². The minimum atomic E-state index is -0.274. The van der Waals surface area contributed by atoms with Crippen molar-refractivity contribution in [2.45, 2.75) is 20.3 Å². The van der Waals surface area contributed by atoms with Crippen LogP contribution in [-0.4, -0.2) is 14.6 Å². The zero-order valence-corrected chi connectivity index (χ0v) is 11.8. The highest BCUT2D eigenvalue weighted by atomic mass is 19.1. The standard InChI is InChI=1S/C16H13FN4/c1-3-14-15(11-4-6-13(17)7-5-11)16-19-9-12(8-18)10(2)21(16)20-14/h4-7,9H,3H2,1-2H3. The second-order valence-electron chi connectivity index (χ2n) is 4.79. The van der Waals surface area contributed by atoms with E-state index in [0.717, 1.165) is 28.9 Å². The largest absolute Gasteiger partial charge is 0.235 e. The lowest BCUT2D eigenvalue weighted by atomic mass is 10.0. The van der Waals surface area contributed by atoms with E-state index in [1.807, 2.05) is 13.8 Å². The van der Waals surface area contributed by atoms with Crippen molar-refractivity contribution in [1.29, 1.82) is 5.26 Å². The predicted molar refractivity (Wildman–Crippen MR) is 77.2 cm³/mol. The molecule has 3 aromatic rings. The predicted octanol–water partition coefficient (Wildman–Crippen LogP) is 3.28. The smallest absolute Gasteiger partial charge is 0.163 e. The second-order valence-corrected chi connectivity index (χ2v) is 4.79. The van der Waals surface area contributed by atoms with Gasteiger partial charge in [-0.25, -0.2) is 13.9 Å². The monoisotopic (exact) mass is 280 g/mol. The number of nitrogens with zero attached hydrogens (tertiary/aromatic N) is 4. The van der Waals surface area contributed by atoms with Gasteiger partial charge in [-0.05, 0) is 31.0 Å². The molecule has 2 aromatic heterocycles. The van der Waals surface area contributed by atoms with Gasteiger partial charge in [0.05, 0.1) is 17.0 Å². The van der Waals surface area contributed by atoms with Crippen LogP contribution in [0.2, 0.25) is 0 Å². The molecule has 104 valence electrons. The molecule has 0 unspecified atom stereocenters. The molecule has 5 heteroatoms. The van der Waals surface area contributed by atoms with Crippen molar-refractivity contribution in [2.24, 2.45) is 0 Å². The van der Waals surface area contributed by atoms with Crippen LogP contribution >= 0.6 is 0 Å². The Balaban J connectivity index is 2.34. The summed E-state index contributed by atoms with van der Waals surface area (Å²) in [7, 11) is 0. The van der Waals surface area contributed by atoms with E-state index in [1.54, 1.807) is 22.8 Å². The van der Waals surface area contributed by atoms with Crippen LogP contribution < -0.4 is 0 Å². The summed E-state index contributed by atoms with van der Waals surface area (Å²) >= 11 is 0. The molecule has 0 bridgehead atoms. The van der Waals surface area contributed by atoms with Crippen LogP contribution in [0.5, 0.6) is 0 Å². The molecule has 0 spiro atoms. The maximum absolute atomic E-state index is 13.1. The molecule has 0 amide bonds. The van der Waals surface area contributed by atoms with Crippen molar-refractivity contribution in [3.8, 4) is 17.2 Å². The Morgan fingerprint density at radius 1 is 1.29 bits per heavy atom. The Hall–Kier alpha value is -2.74. The van der Waals surface area contributed by atoms with Crippen molar-refractivity contribution in [3.05, 3.63) is 53.2 Å². The van der Waals surface area contributed by atoms with E-state index >= 15 is 0 Å². The van der Waals surface area contributed by atoms with E-state index in [9.17, 15) is 4.39 Å². The first-order valence-electron chi connectivity index (χ1n) is 6.69. The molecule has 0 aliphatic rings. The Labute approximate surface area is 121 Å². The van der Waals surface area contributed by atoms with E-state index in [1.165, 1.54) is 12.1 Å². The molecule has 0 atom stereocenters. The molecule has 0 radical (unpaired) electrons. The summed E-state index contributed by atoms with van der Waals surface area (Å²) in [5.74, 6) is -0.274. The Morgan fingerprint density at radius 2 is 2.00 bits per heavy atom. The molecular formula is C16H13FN4. The molecule has 0 aliphatic carbocycles. The lowest BCUT2D eigenvalue weighted by Gasteiger charge is -2.03. The third-order valence-electron chi connectivity index (χ3n) is 3.55. The maximum atomic E-state index is 13.1. The van der Waals surface area contributed by atoms with Crippen LogP contribution in [0.3, 0.4) is 0 Å². The minimum absolute atomic E-state index is 0.274. The molecule has 0 saturated carbocycles. The van der Waals surface area contributed by atoms with Gasteiger partial charge in [-0.15, -0.1) is 0 Å². The summed E-state index contributed by atoms with van der Waals surface area (Å²) in [6, 6.07) is 8.41. The van der Waals surface area contributed by atoms with E-state index < -0.39 is 0 Å². The van der Waals surface area contributed by atoms with E-state index in [2.05, 4.69) is 16.2 Å². The molecule has 1 aromatic carbocycles. The second kappa shape index (κ2) is 4.98.